The van der Waals surface area contributed by atoms with Crippen molar-refractivity contribution >= 4 is 0 Å². The summed E-state index contributed by atoms with van der Waals surface area (Å²) in [4.78, 5) is 2.55. The molecule has 104 valence electrons. The lowest BCUT2D eigenvalue weighted by Gasteiger charge is -2.27. The second kappa shape index (κ2) is 5.02. The summed E-state index contributed by atoms with van der Waals surface area (Å²) in [7, 11) is 3.37. The molecule has 1 heterocycles. The maximum atomic E-state index is 6.33. The molecule has 2 unspecified atom stereocenters. The third kappa shape index (κ3) is 2.42. The topological polar surface area (TPSA) is 47.7 Å². The van der Waals surface area contributed by atoms with E-state index in [9.17, 15) is 0 Å². The molecule has 2 atom stereocenters. The molecular weight excluding hydrogens is 240 g/mol. The number of nitrogens with two attached hydrogens (primary N) is 1. The standard InChI is InChI=1S/C15H22N2O2/c1-18-12-7-10(8-13(9-12)19-2)15-14(16)5-6-17(15)11-3-4-11/h7-9,11,14-15H,3-6,16H2,1-2H3. The summed E-state index contributed by atoms with van der Waals surface area (Å²) in [5, 5.41) is 0. The predicted molar refractivity (Wildman–Crippen MR) is 74.6 cm³/mol. The fourth-order valence-electron chi connectivity index (χ4n) is 3.10. The lowest BCUT2D eigenvalue weighted by molar-refractivity contribution is 0.236. The van der Waals surface area contributed by atoms with Crippen LogP contribution in [0.15, 0.2) is 18.2 Å². The molecule has 2 fully saturated rings. The van der Waals surface area contributed by atoms with Crippen molar-refractivity contribution in [3.05, 3.63) is 23.8 Å². The fraction of sp³-hybridized carbons (Fsp3) is 0.600. The Morgan fingerprint density at radius 1 is 1.05 bits per heavy atom. The second-order valence-corrected chi connectivity index (χ2v) is 5.51. The van der Waals surface area contributed by atoms with Gasteiger partial charge in [-0.15, -0.1) is 0 Å². The third-order valence-electron chi connectivity index (χ3n) is 4.21. The predicted octanol–water partition coefficient (Wildman–Crippen LogP) is 1.94. The molecule has 1 aromatic rings. The molecule has 0 bridgehead atoms. The van der Waals surface area contributed by atoms with Crippen LogP contribution < -0.4 is 15.2 Å². The van der Waals surface area contributed by atoms with Crippen molar-refractivity contribution in [2.45, 2.75) is 37.4 Å². The molecule has 1 aliphatic carbocycles. The van der Waals surface area contributed by atoms with E-state index in [1.54, 1.807) is 14.2 Å². The van der Waals surface area contributed by atoms with Gasteiger partial charge in [0.1, 0.15) is 11.5 Å². The molecule has 1 saturated heterocycles. The number of methoxy groups -OCH3 is 2. The van der Waals surface area contributed by atoms with Gasteiger partial charge in [-0.1, -0.05) is 0 Å². The molecule has 0 spiro atoms. The zero-order valence-corrected chi connectivity index (χ0v) is 11.6. The second-order valence-electron chi connectivity index (χ2n) is 5.51. The van der Waals surface area contributed by atoms with Gasteiger partial charge < -0.3 is 15.2 Å². The highest BCUT2D eigenvalue weighted by Gasteiger charge is 2.41. The molecule has 1 aliphatic heterocycles. The summed E-state index contributed by atoms with van der Waals surface area (Å²) in [5.74, 6) is 1.67. The van der Waals surface area contributed by atoms with Crippen LogP contribution in [0.25, 0.3) is 0 Å². The third-order valence-corrected chi connectivity index (χ3v) is 4.21. The van der Waals surface area contributed by atoms with Crippen molar-refractivity contribution in [3.8, 4) is 11.5 Å². The summed E-state index contributed by atoms with van der Waals surface area (Å²) < 4.78 is 10.7. The number of rotatable bonds is 4. The van der Waals surface area contributed by atoms with Crippen molar-refractivity contribution in [2.75, 3.05) is 20.8 Å². The van der Waals surface area contributed by atoms with Crippen LogP contribution in [0.4, 0.5) is 0 Å². The van der Waals surface area contributed by atoms with E-state index in [0.29, 0.717) is 6.04 Å². The Bertz CT molecular complexity index is 437. The molecule has 0 radical (unpaired) electrons. The Balaban J connectivity index is 1.94. The molecule has 4 heteroatoms. The van der Waals surface area contributed by atoms with Gasteiger partial charge in [0, 0.05) is 24.7 Å². The van der Waals surface area contributed by atoms with E-state index < -0.39 is 0 Å². The van der Waals surface area contributed by atoms with Gasteiger partial charge in [0.2, 0.25) is 0 Å². The molecule has 1 saturated carbocycles. The highest BCUT2D eigenvalue weighted by molar-refractivity contribution is 5.40. The van der Waals surface area contributed by atoms with Crippen molar-refractivity contribution in [1.29, 1.82) is 0 Å². The zero-order chi connectivity index (χ0) is 13.4. The lowest BCUT2D eigenvalue weighted by atomic mass is 10.00. The van der Waals surface area contributed by atoms with Crippen molar-refractivity contribution < 1.29 is 9.47 Å². The summed E-state index contributed by atoms with van der Waals surface area (Å²) in [6, 6.07) is 7.33. The van der Waals surface area contributed by atoms with Gasteiger partial charge in [-0.05, 0) is 37.0 Å². The Morgan fingerprint density at radius 3 is 2.21 bits per heavy atom. The Morgan fingerprint density at radius 2 is 1.68 bits per heavy atom. The first-order valence-corrected chi connectivity index (χ1v) is 6.97. The average Bonchev–Trinajstić information content (AvgIpc) is 3.21. The number of hydrogen-bond acceptors (Lipinski definition) is 4. The van der Waals surface area contributed by atoms with Crippen molar-refractivity contribution in [1.82, 2.24) is 4.90 Å². The van der Waals surface area contributed by atoms with Crippen LogP contribution in [0.5, 0.6) is 11.5 Å². The summed E-state index contributed by atoms with van der Waals surface area (Å²) in [5.41, 5.74) is 7.54. The summed E-state index contributed by atoms with van der Waals surface area (Å²) >= 11 is 0. The van der Waals surface area contributed by atoms with Gasteiger partial charge in [-0.2, -0.15) is 0 Å². The summed E-state index contributed by atoms with van der Waals surface area (Å²) in [6.45, 7) is 1.11. The van der Waals surface area contributed by atoms with Crippen LogP contribution in [0.1, 0.15) is 30.9 Å². The number of ether oxygens (including phenoxy) is 2. The molecule has 19 heavy (non-hydrogen) atoms. The lowest BCUT2D eigenvalue weighted by Crippen LogP contribution is -2.33. The molecular formula is C15H22N2O2. The maximum Gasteiger partial charge on any atom is 0.122 e. The van der Waals surface area contributed by atoms with Crippen molar-refractivity contribution in [3.63, 3.8) is 0 Å². The first kappa shape index (κ1) is 12.8. The van der Waals surface area contributed by atoms with Gasteiger partial charge in [-0.3, -0.25) is 4.90 Å². The van der Waals surface area contributed by atoms with Crippen LogP contribution >= 0.6 is 0 Å². The number of likely N-dealkylation sites (tertiary alicyclic amines) is 1. The van der Waals surface area contributed by atoms with Gasteiger partial charge in [0.05, 0.1) is 20.3 Å². The minimum absolute atomic E-state index is 0.206. The largest absolute Gasteiger partial charge is 0.497 e. The van der Waals surface area contributed by atoms with Crippen LogP contribution in [-0.4, -0.2) is 37.7 Å². The quantitative estimate of drug-likeness (QED) is 0.901. The molecule has 0 amide bonds. The van der Waals surface area contributed by atoms with E-state index in [1.807, 2.05) is 6.07 Å². The minimum Gasteiger partial charge on any atom is -0.497 e. The molecule has 4 nitrogen and oxygen atoms in total. The number of nitrogens with zero attached hydrogens (tertiary/aromatic N) is 1. The Kier molecular flexibility index (Phi) is 3.37. The molecule has 0 aromatic heterocycles. The van der Waals surface area contributed by atoms with E-state index in [-0.39, 0.29) is 6.04 Å². The van der Waals surface area contributed by atoms with Gasteiger partial charge in [0.25, 0.3) is 0 Å². The fourth-order valence-corrected chi connectivity index (χ4v) is 3.10. The molecule has 2 aliphatic rings. The smallest absolute Gasteiger partial charge is 0.122 e. The monoisotopic (exact) mass is 262 g/mol. The zero-order valence-electron chi connectivity index (χ0n) is 11.6. The first-order valence-electron chi connectivity index (χ1n) is 6.97. The van der Waals surface area contributed by atoms with Crippen LogP contribution in [0.2, 0.25) is 0 Å². The van der Waals surface area contributed by atoms with E-state index in [0.717, 1.165) is 30.5 Å². The first-order chi connectivity index (χ1) is 9.22. The van der Waals surface area contributed by atoms with Gasteiger partial charge in [-0.25, -0.2) is 0 Å². The maximum absolute atomic E-state index is 6.33. The van der Waals surface area contributed by atoms with E-state index in [2.05, 4.69) is 17.0 Å². The minimum atomic E-state index is 0.206. The van der Waals surface area contributed by atoms with Crippen LogP contribution in [0, 0.1) is 0 Å². The highest BCUT2D eigenvalue weighted by Crippen LogP contribution is 2.41. The van der Waals surface area contributed by atoms with Gasteiger partial charge >= 0.3 is 0 Å². The van der Waals surface area contributed by atoms with Gasteiger partial charge in [0.15, 0.2) is 0 Å². The van der Waals surface area contributed by atoms with E-state index in [1.165, 1.54) is 18.4 Å². The number of benzene rings is 1. The van der Waals surface area contributed by atoms with E-state index in [4.69, 9.17) is 15.2 Å². The molecule has 1 aromatic carbocycles. The normalized spacial score (nSPS) is 27.5. The Hall–Kier alpha value is -1.26. The summed E-state index contributed by atoms with van der Waals surface area (Å²) in [6.07, 6.45) is 3.69. The molecule has 3 rings (SSSR count). The van der Waals surface area contributed by atoms with Crippen molar-refractivity contribution in [2.24, 2.45) is 5.73 Å². The molecule has 2 N–H and O–H groups in total. The number of hydrogen-bond donors (Lipinski definition) is 1. The van der Waals surface area contributed by atoms with E-state index >= 15 is 0 Å². The van der Waals surface area contributed by atoms with Crippen LogP contribution in [0.3, 0.4) is 0 Å². The van der Waals surface area contributed by atoms with Crippen LogP contribution in [-0.2, 0) is 0 Å². The Labute approximate surface area is 114 Å². The average molecular weight is 262 g/mol. The SMILES string of the molecule is COc1cc(OC)cc(C2C(N)CCN2C2CC2)c1. The highest BCUT2D eigenvalue weighted by atomic mass is 16.5.